The minimum absolute atomic E-state index is 0.0383. The summed E-state index contributed by atoms with van der Waals surface area (Å²) in [5.41, 5.74) is -1.74. The van der Waals surface area contributed by atoms with E-state index in [0.717, 1.165) is 12.3 Å². The highest BCUT2D eigenvalue weighted by Crippen LogP contribution is 2.29. The lowest BCUT2D eigenvalue weighted by Gasteiger charge is -2.20. The van der Waals surface area contributed by atoms with E-state index in [1.165, 1.54) is 31.4 Å². The van der Waals surface area contributed by atoms with Gasteiger partial charge in [-0.15, -0.1) is 0 Å². The number of carbonyl (C=O) groups is 2. The summed E-state index contributed by atoms with van der Waals surface area (Å²) in [6, 6.07) is 6.15. The number of methoxy groups -OCH3 is 1. The molecule has 0 aliphatic rings. The minimum atomic E-state index is -4.65. The largest absolute Gasteiger partial charge is 0.491 e. The fourth-order valence-electron chi connectivity index (χ4n) is 2.42. The molecule has 174 valence electrons. The molecule has 8 nitrogen and oxygen atoms in total. The maximum Gasteiger partial charge on any atom is 0.433 e. The molecule has 2 aromatic rings. The van der Waals surface area contributed by atoms with Gasteiger partial charge in [0, 0.05) is 36.3 Å². The Morgan fingerprint density at radius 1 is 1.00 bits per heavy atom. The van der Waals surface area contributed by atoms with Crippen LogP contribution in [-0.4, -0.2) is 42.9 Å². The number of rotatable bonds is 7. The lowest BCUT2D eigenvalue weighted by molar-refractivity contribution is -0.141. The van der Waals surface area contributed by atoms with Crippen LogP contribution in [0, 0.1) is 0 Å². The number of nitrogens with one attached hydrogen (secondary N) is 2. The molecule has 0 bridgehead atoms. The molecule has 0 spiro atoms. The van der Waals surface area contributed by atoms with Gasteiger partial charge in [-0.1, -0.05) is 0 Å². The molecule has 0 unspecified atom stereocenters. The SMILES string of the molecule is COCCOc1cc(NC(=O)OC(C)(C)C)cc(C(=O)Nc2ccnc(C(F)(F)F)c2)c1. The van der Waals surface area contributed by atoms with Crippen LogP contribution in [0.2, 0.25) is 0 Å². The smallest absolute Gasteiger partial charge is 0.433 e. The molecular weight excluding hydrogens is 431 g/mol. The first-order chi connectivity index (χ1) is 14.9. The summed E-state index contributed by atoms with van der Waals surface area (Å²) in [5, 5.41) is 4.89. The molecule has 0 aliphatic heterocycles. The number of anilines is 2. The predicted octanol–water partition coefficient (Wildman–Crippen LogP) is 4.72. The molecule has 1 aromatic heterocycles. The molecule has 2 rings (SSSR count). The Kier molecular flexibility index (Phi) is 8.03. The van der Waals surface area contributed by atoms with E-state index in [1.54, 1.807) is 20.8 Å². The maximum absolute atomic E-state index is 12.9. The number of hydrogen-bond donors (Lipinski definition) is 2. The number of halogens is 3. The summed E-state index contributed by atoms with van der Waals surface area (Å²) >= 11 is 0. The van der Waals surface area contributed by atoms with Crippen molar-refractivity contribution in [2.45, 2.75) is 32.5 Å². The number of hydrogen-bond acceptors (Lipinski definition) is 6. The summed E-state index contributed by atoms with van der Waals surface area (Å²) in [7, 11) is 1.49. The van der Waals surface area contributed by atoms with Crippen molar-refractivity contribution in [2.24, 2.45) is 0 Å². The minimum Gasteiger partial charge on any atom is -0.491 e. The van der Waals surface area contributed by atoms with Crippen molar-refractivity contribution in [3.05, 3.63) is 47.8 Å². The second kappa shape index (κ2) is 10.3. The lowest BCUT2D eigenvalue weighted by atomic mass is 10.1. The summed E-state index contributed by atoms with van der Waals surface area (Å²) in [6.45, 7) is 5.54. The van der Waals surface area contributed by atoms with Crippen LogP contribution in [0.25, 0.3) is 0 Å². The number of carbonyl (C=O) groups excluding carboxylic acids is 2. The highest BCUT2D eigenvalue weighted by molar-refractivity contribution is 6.05. The fourth-order valence-corrected chi connectivity index (χ4v) is 2.42. The average Bonchev–Trinajstić information content (AvgIpc) is 2.66. The van der Waals surface area contributed by atoms with Crippen molar-refractivity contribution in [3.63, 3.8) is 0 Å². The van der Waals surface area contributed by atoms with Gasteiger partial charge in [-0.25, -0.2) is 4.79 Å². The van der Waals surface area contributed by atoms with Gasteiger partial charge in [0.1, 0.15) is 23.7 Å². The Morgan fingerprint density at radius 3 is 2.34 bits per heavy atom. The van der Waals surface area contributed by atoms with E-state index >= 15 is 0 Å². The van der Waals surface area contributed by atoms with Gasteiger partial charge in [0.15, 0.2) is 0 Å². The number of nitrogens with zero attached hydrogens (tertiary/aromatic N) is 1. The van der Waals surface area contributed by atoms with E-state index < -0.39 is 29.5 Å². The van der Waals surface area contributed by atoms with Gasteiger partial charge in [0.05, 0.1) is 6.61 Å². The summed E-state index contributed by atoms with van der Waals surface area (Å²) in [6.07, 6.45) is -4.46. The topological polar surface area (TPSA) is 98.8 Å². The first kappa shape index (κ1) is 24.9. The van der Waals surface area contributed by atoms with Gasteiger partial charge in [0.2, 0.25) is 0 Å². The van der Waals surface area contributed by atoms with Crippen LogP contribution in [0.4, 0.5) is 29.3 Å². The zero-order chi connectivity index (χ0) is 23.9. The Hall–Kier alpha value is -3.34. The fraction of sp³-hybridized carbons (Fsp3) is 0.381. The summed E-state index contributed by atoms with van der Waals surface area (Å²) in [4.78, 5) is 28.0. The molecule has 1 heterocycles. The van der Waals surface area contributed by atoms with Gasteiger partial charge in [-0.3, -0.25) is 15.1 Å². The van der Waals surface area contributed by atoms with Crippen LogP contribution in [0.5, 0.6) is 5.75 Å². The third-order valence-electron chi connectivity index (χ3n) is 3.68. The maximum atomic E-state index is 12.9. The first-order valence-electron chi connectivity index (χ1n) is 9.49. The monoisotopic (exact) mass is 455 g/mol. The van der Waals surface area contributed by atoms with E-state index in [0.29, 0.717) is 0 Å². The molecule has 0 aliphatic carbocycles. The predicted molar refractivity (Wildman–Crippen MR) is 111 cm³/mol. The van der Waals surface area contributed by atoms with Crippen molar-refractivity contribution < 1.29 is 37.0 Å². The summed E-state index contributed by atoms with van der Waals surface area (Å²) in [5.74, 6) is -0.472. The third kappa shape index (κ3) is 8.06. The van der Waals surface area contributed by atoms with E-state index in [1.807, 2.05) is 0 Å². The van der Waals surface area contributed by atoms with Gasteiger partial charge < -0.3 is 19.5 Å². The average molecular weight is 455 g/mol. The number of benzene rings is 1. The van der Waals surface area contributed by atoms with Crippen LogP contribution in [-0.2, 0) is 15.7 Å². The van der Waals surface area contributed by atoms with Crippen molar-refractivity contribution in [1.82, 2.24) is 4.98 Å². The number of ether oxygens (including phenoxy) is 3. The van der Waals surface area contributed by atoms with Crippen molar-refractivity contribution in [3.8, 4) is 5.75 Å². The standard InChI is InChI=1S/C21H24F3N3O5/c1-20(2,3)32-19(29)27-15-9-13(10-16(11-15)31-8-7-30-4)18(28)26-14-5-6-25-17(12-14)21(22,23)24/h5-6,9-12H,7-8H2,1-4H3,(H,27,29)(H,25,26,28). The molecule has 1 aromatic carbocycles. The third-order valence-corrected chi connectivity index (χ3v) is 3.68. The molecule has 2 N–H and O–H groups in total. The Balaban J connectivity index is 2.27. The van der Waals surface area contributed by atoms with Crippen LogP contribution < -0.4 is 15.4 Å². The highest BCUT2D eigenvalue weighted by Gasteiger charge is 2.32. The molecule has 0 radical (unpaired) electrons. The zero-order valence-corrected chi connectivity index (χ0v) is 18.0. The van der Waals surface area contributed by atoms with Crippen molar-refractivity contribution in [1.29, 1.82) is 0 Å². The zero-order valence-electron chi connectivity index (χ0n) is 18.0. The molecular formula is C21H24F3N3O5. The lowest BCUT2D eigenvalue weighted by Crippen LogP contribution is -2.27. The van der Waals surface area contributed by atoms with E-state index in [9.17, 15) is 22.8 Å². The van der Waals surface area contributed by atoms with Crippen LogP contribution in [0.15, 0.2) is 36.5 Å². The van der Waals surface area contributed by atoms with Gasteiger partial charge in [-0.05, 0) is 45.0 Å². The van der Waals surface area contributed by atoms with Gasteiger partial charge in [-0.2, -0.15) is 13.2 Å². The second-order valence-corrected chi connectivity index (χ2v) is 7.60. The van der Waals surface area contributed by atoms with Crippen LogP contribution in [0.1, 0.15) is 36.8 Å². The molecule has 0 saturated heterocycles. The molecule has 0 atom stereocenters. The number of amides is 2. The Morgan fingerprint density at radius 2 is 1.72 bits per heavy atom. The number of pyridine rings is 1. The van der Waals surface area contributed by atoms with Crippen LogP contribution in [0.3, 0.4) is 0 Å². The molecule has 32 heavy (non-hydrogen) atoms. The van der Waals surface area contributed by atoms with E-state index in [-0.39, 0.29) is 35.9 Å². The number of alkyl halides is 3. The first-order valence-corrected chi connectivity index (χ1v) is 9.49. The quantitative estimate of drug-likeness (QED) is 0.586. The highest BCUT2D eigenvalue weighted by atomic mass is 19.4. The Labute approximate surface area is 183 Å². The second-order valence-electron chi connectivity index (χ2n) is 7.60. The van der Waals surface area contributed by atoms with E-state index in [4.69, 9.17) is 14.2 Å². The molecule has 2 amide bonds. The normalized spacial score (nSPS) is 11.6. The number of aromatic nitrogens is 1. The van der Waals surface area contributed by atoms with Gasteiger partial charge in [0.25, 0.3) is 5.91 Å². The molecule has 0 saturated carbocycles. The molecule has 11 heteroatoms. The Bertz CT molecular complexity index is 958. The van der Waals surface area contributed by atoms with Crippen LogP contribution >= 0.6 is 0 Å². The summed E-state index contributed by atoms with van der Waals surface area (Å²) < 4.78 is 54.2. The van der Waals surface area contributed by atoms with E-state index in [2.05, 4.69) is 15.6 Å². The molecule has 0 fully saturated rings. The van der Waals surface area contributed by atoms with Gasteiger partial charge >= 0.3 is 12.3 Å². The van der Waals surface area contributed by atoms with Crippen molar-refractivity contribution >= 4 is 23.4 Å². The van der Waals surface area contributed by atoms with Crippen molar-refractivity contribution in [2.75, 3.05) is 31.0 Å².